The summed E-state index contributed by atoms with van der Waals surface area (Å²) in [5.74, 6) is 3.90. The summed E-state index contributed by atoms with van der Waals surface area (Å²) in [6, 6.07) is 7.06. The molecule has 0 aromatic heterocycles. The van der Waals surface area contributed by atoms with E-state index in [1.807, 2.05) is 0 Å². The lowest BCUT2D eigenvalue weighted by Gasteiger charge is -2.14. The first-order valence-corrected chi connectivity index (χ1v) is 5.55. The van der Waals surface area contributed by atoms with E-state index in [1.54, 1.807) is 37.3 Å². The number of benzene rings is 1. The number of fused-ring (bicyclic) bond motifs is 1. The Balaban J connectivity index is 2.28. The van der Waals surface area contributed by atoms with Crippen LogP contribution in [0.25, 0.3) is 0 Å². The fourth-order valence-electron chi connectivity index (χ4n) is 1.73. The van der Waals surface area contributed by atoms with Crippen molar-refractivity contribution in [2.75, 3.05) is 6.61 Å². The Labute approximate surface area is 109 Å². The standard InChI is InChI=1S/C13H12N2O4/c1-8-6-11(15-18-7-12(16)19-14)9-4-2-3-5-10(9)13(8)17/h2-6H,7,14H2,1H3/b15-11+. The van der Waals surface area contributed by atoms with E-state index in [4.69, 9.17) is 4.84 Å². The fourth-order valence-corrected chi connectivity index (χ4v) is 1.73. The summed E-state index contributed by atoms with van der Waals surface area (Å²) in [6.07, 6.45) is 1.61. The first kappa shape index (κ1) is 13.0. The number of rotatable bonds is 3. The van der Waals surface area contributed by atoms with Crippen LogP contribution < -0.4 is 5.90 Å². The summed E-state index contributed by atoms with van der Waals surface area (Å²) < 4.78 is 0. The van der Waals surface area contributed by atoms with Crippen molar-refractivity contribution in [1.82, 2.24) is 0 Å². The Bertz CT molecular complexity index is 590. The molecule has 1 aromatic rings. The van der Waals surface area contributed by atoms with Gasteiger partial charge in [-0.15, -0.1) is 0 Å². The molecule has 0 bridgehead atoms. The van der Waals surface area contributed by atoms with Gasteiger partial charge in [0, 0.05) is 11.1 Å². The molecule has 0 saturated carbocycles. The van der Waals surface area contributed by atoms with Crippen LogP contribution in [0.5, 0.6) is 0 Å². The zero-order valence-electron chi connectivity index (χ0n) is 10.3. The van der Waals surface area contributed by atoms with Crippen molar-refractivity contribution in [3.05, 3.63) is 47.0 Å². The average Bonchev–Trinajstić information content (AvgIpc) is 2.44. The molecule has 0 heterocycles. The highest BCUT2D eigenvalue weighted by Gasteiger charge is 2.21. The van der Waals surface area contributed by atoms with E-state index in [0.29, 0.717) is 22.4 Å². The molecule has 0 saturated heterocycles. The number of Topliss-reactive ketones (excluding diaryl/α,β-unsaturated/α-hetero) is 1. The third kappa shape index (κ3) is 2.69. The summed E-state index contributed by atoms with van der Waals surface area (Å²) in [7, 11) is 0. The zero-order valence-corrected chi connectivity index (χ0v) is 10.3. The summed E-state index contributed by atoms with van der Waals surface area (Å²) in [6.45, 7) is 1.31. The second-order valence-corrected chi connectivity index (χ2v) is 3.94. The van der Waals surface area contributed by atoms with Gasteiger partial charge in [-0.1, -0.05) is 29.4 Å². The quantitative estimate of drug-likeness (QED) is 0.817. The molecule has 6 heteroatoms. The number of nitrogens with two attached hydrogens (primary N) is 1. The third-order valence-corrected chi connectivity index (χ3v) is 2.64. The van der Waals surface area contributed by atoms with Crippen LogP contribution >= 0.6 is 0 Å². The van der Waals surface area contributed by atoms with E-state index in [0.717, 1.165) is 0 Å². The average molecular weight is 260 g/mol. The van der Waals surface area contributed by atoms with Crippen molar-refractivity contribution in [2.24, 2.45) is 11.1 Å². The predicted molar refractivity (Wildman–Crippen MR) is 67.3 cm³/mol. The summed E-state index contributed by atoms with van der Waals surface area (Å²) in [5.41, 5.74) is 2.27. The van der Waals surface area contributed by atoms with Gasteiger partial charge < -0.3 is 9.68 Å². The number of oxime groups is 1. The Hall–Kier alpha value is -2.47. The van der Waals surface area contributed by atoms with Crippen molar-refractivity contribution in [3.8, 4) is 0 Å². The molecule has 6 nitrogen and oxygen atoms in total. The SMILES string of the molecule is CC1=C/C(=N\OCC(=O)ON)c2ccccc2C1=O. The maximum atomic E-state index is 11.9. The lowest BCUT2D eigenvalue weighted by molar-refractivity contribution is -0.149. The van der Waals surface area contributed by atoms with Crippen molar-refractivity contribution >= 4 is 17.5 Å². The van der Waals surface area contributed by atoms with Crippen LogP contribution in [0.4, 0.5) is 0 Å². The van der Waals surface area contributed by atoms with Gasteiger partial charge in [-0.2, -0.15) is 5.90 Å². The molecule has 19 heavy (non-hydrogen) atoms. The Morgan fingerprint density at radius 3 is 2.68 bits per heavy atom. The highest BCUT2D eigenvalue weighted by atomic mass is 16.7. The smallest absolute Gasteiger partial charge is 0.365 e. The number of allylic oxidation sites excluding steroid dienone is 2. The fraction of sp³-hybridized carbons (Fsp3) is 0.154. The van der Waals surface area contributed by atoms with Crippen LogP contribution in [0, 0.1) is 0 Å². The molecule has 1 aliphatic rings. The monoisotopic (exact) mass is 260 g/mol. The molecule has 0 amide bonds. The number of hydrogen-bond donors (Lipinski definition) is 1. The molecule has 0 spiro atoms. The maximum Gasteiger partial charge on any atom is 0.365 e. The highest BCUT2D eigenvalue weighted by molar-refractivity contribution is 6.25. The van der Waals surface area contributed by atoms with Gasteiger partial charge in [0.15, 0.2) is 5.78 Å². The first-order valence-electron chi connectivity index (χ1n) is 5.55. The summed E-state index contributed by atoms with van der Waals surface area (Å²) >= 11 is 0. The summed E-state index contributed by atoms with van der Waals surface area (Å²) in [4.78, 5) is 31.5. The minimum atomic E-state index is -0.731. The topological polar surface area (TPSA) is 91.0 Å². The molecule has 2 N–H and O–H groups in total. The van der Waals surface area contributed by atoms with Gasteiger partial charge in [0.05, 0.1) is 0 Å². The van der Waals surface area contributed by atoms with Gasteiger partial charge in [-0.25, -0.2) is 4.79 Å². The Morgan fingerprint density at radius 1 is 1.32 bits per heavy atom. The van der Waals surface area contributed by atoms with E-state index in [-0.39, 0.29) is 12.4 Å². The number of hydrogen-bond acceptors (Lipinski definition) is 6. The molecule has 0 radical (unpaired) electrons. The van der Waals surface area contributed by atoms with Gasteiger partial charge in [0.25, 0.3) is 0 Å². The molecule has 0 unspecified atom stereocenters. The second-order valence-electron chi connectivity index (χ2n) is 3.94. The summed E-state index contributed by atoms with van der Waals surface area (Å²) in [5, 5.41) is 3.83. The largest absolute Gasteiger partial charge is 0.383 e. The molecule has 2 rings (SSSR count). The van der Waals surface area contributed by atoms with E-state index in [1.165, 1.54) is 0 Å². The lowest BCUT2D eigenvalue weighted by atomic mass is 9.90. The lowest BCUT2D eigenvalue weighted by Crippen LogP contribution is -2.18. The molecule has 0 aliphatic heterocycles. The number of carbonyl (C=O) groups excluding carboxylic acids is 2. The second kappa shape index (κ2) is 5.45. The number of carbonyl (C=O) groups is 2. The van der Waals surface area contributed by atoms with E-state index >= 15 is 0 Å². The van der Waals surface area contributed by atoms with Crippen molar-refractivity contribution in [1.29, 1.82) is 0 Å². The van der Waals surface area contributed by atoms with Gasteiger partial charge in [-0.05, 0) is 18.6 Å². The van der Waals surface area contributed by atoms with Crippen LogP contribution in [0.15, 0.2) is 41.1 Å². The van der Waals surface area contributed by atoms with Crippen LogP contribution in [0.1, 0.15) is 22.8 Å². The number of nitrogens with zero attached hydrogens (tertiary/aromatic N) is 1. The van der Waals surface area contributed by atoms with E-state index in [2.05, 4.69) is 15.9 Å². The van der Waals surface area contributed by atoms with Crippen molar-refractivity contribution < 1.29 is 19.3 Å². The zero-order chi connectivity index (χ0) is 13.8. The van der Waals surface area contributed by atoms with Crippen LogP contribution in [-0.2, 0) is 14.5 Å². The van der Waals surface area contributed by atoms with E-state index in [9.17, 15) is 9.59 Å². The van der Waals surface area contributed by atoms with Crippen molar-refractivity contribution in [2.45, 2.75) is 6.92 Å². The van der Waals surface area contributed by atoms with Crippen LogP contribution in [0.3, 0.4) is 0 Å². The van der Waals surface area contributed by atoms with Gasteiger partial charge in [0.1, 0.15) is 5.71 Å². The van der Waals surface area contributed by atoms with Gasteiger partial charge >= 0.3 is 5.97 Å². The minimum absolute atomic E-state index is 0.0454. The Morgan fingerprint density at radius 2 is 2.00 bits per heavy atom. The highest BCUT2D eigenvalue weighted by Crippen LogP contribution is 2.21. The van der Waals surface area contributed by atoms with Crippen LogP contribution in [-0.4, -0.2) is 24.1 Å². The molecule has 0 atom stereocenters. The molecular weight excluding hydrogens is 248 g/mol. The molecular formula is C13H12N2O4. The maximum absolute atomic E-state index is 11.9. The molecule has 1 aliphatic carbocycles. The predicted octanol–water partition coefficient (Wildman–Crippen LogP) is 0.967. The number of ketones is 1. The molecule has 0 fully saturated rings. The van der Waals surface area contributed by atoms with Crippen LogP contribution in [0.2, 0.25) is 0 Å². The van der Waals surface area contributed by atoms with Crippen molar-refractivity contribution in [3.63, 3.8) is 0 Å². The normalized spacial score (nSPS) is 15.8. The first-order chi connectivity index (χ1) is 9.13. The molecule has 1 aromatic carbocycles. The Kier molecular flexibility index (Phi) is 3.72. The molecule has 98 valence electrons. The van der Waals surface area contributed by atoms with E-state index < -0.39 is 5.97 Å². The van der Waals surface area contributed by atoms with Gasteiger partial charge in [0.2, 0.25) is 6.61 Å². The minimum Gasteiger partial charge on any atom is -0.383 e. The van der Waals surface area contributed by atoms with Gasteiger partial charge in [-0.3, -0.25) is 4.79 Å². The third-order valence-electron chi connectivity index (χ3n) is 2.64.